The van der Waals surface area contributed by atoms with Crippen LogP contribution in [0.4, 0.5) is 5.13 Å². The van der Waals surface area contributed by atoms with Gasteiger partial charge in [0.05, 0.1) is 5.51 Å². The van der Waals surface area contributed by atoms with Crippen molar-refractivity contribution in [2.45, 2.75) is 11.4 Å². The van der Waals surface area contributed by atoms with Gasteiger partial charge in [0.1, 0.15) is 16.8 Å². The number of aliphatic carboxylic acids is 1. The molecule has 2 aliphatic heterocycles. The van der Waals surface area contributed by atoms with Gasteiger partial charge in [0.15, 0.2) is 5.13 Å². The molecule has 12 nitrogen and oxygen atoms in total. The Balaban J connectivity index is 1.45. The van der Waals surface area contributed by atoms with E-state index in [-0.39, 0.29) is 23.3 Å². The number of oxime groups is 1. The van der Waals surface area contributed by atoms with E-state index in [4.69, 9.17) is 10.9 Å². The zero-order valence-corrected chi connectivity index (χ0v) is 18.0. The van der Waals surface area contributed by atoms with Crippen molar-refractivity contribution in [1.82, 2.24) is 24.6 Å². The minimum atomic E-state index is -1.25. The van der Waals surface area contributed by atoms with Crippen molar-refractivity contribution in [3.63, 3.8) is 0 Å². The maximum atomic E-state index is 12.6. The lowest BCUT2D eigenvalue weighted by Crippen LogP contribution is -2.73. The van der Waals surface area contributed by atoms with E-state index >= 15 is 0 Å². The average Bonchev–Trinajstić information content (AvgIpc) is 3.42. The zero-order chi connectivity index (χ0) is 22.2. The number of hydrogen-bond acceptors (Lipinski definition) is 12. The standard InChI is InChI=1S/C16H15N7O5S3/c17-15-20-10(22-31-15)8(21-28)11(24)19-9-12(25)23-4-16(14(26)27,5-29-13(9)23)2-1-7-3-18-6-30-7/h1-3,6,9,13,28H,4-5H2,(H,19,24)(H,26,27)(H2,17,20,22)/t9?,13-,16?/m1/s1. The van der Waals surface area contributed by atoms with E-state index in [9.17, 15) is 19.5 Å². The van der Waals surface area contributed by atoms with Gasteiger partial charge in [0.25, 0.3) is 5.91 Å². The van der Waals surface area contributed by atoms with Crippen molar-refractivity contribution >= 4 is 69.3 Å². The summed E-state index contributed by atoms with van der Waals surface area (Å²) >= 11 is 3.46. The third-order valence-corrected chi connectivity index (χ3v) is 7.64. The fourth-order valence-corrected chi connectivity index (χ4v) is 5.64. The molecular weight excluding hydrogens is 466 g/mol. The molecule has 2 unspecified atom stereocenters. The highest BCUT2D eigenvalue weighted by atomic mass is 32.2. The molecule has 4 heterocycles. The van der Waals surface area contributed by atoms with Gasteiger partial charge in [0.2, 0.25) is 17.4 Å². The molecule has 0 aromatic carbocycles. The van der Waals surface area contributed by atoms with Crippen LogP contribution in [0.5, 0.6) is 0 Å². The molecule has 2 aliphatic rings. The van der Waals surface area contributed by atoms with E-state index in [1.165, 1.54) is 28.0 Å². The third kappa shape index (κ3) is 3.86. The normalized spacial score (nSPS) is 25.9. The molecule has 2 amide bonds. The van der Waals surface area contributed by atoms with Crippen LogP contribution in [0, 0.1) is 5.41 Å². The molecule has 0 spiro atoms. The monoisotopic (exact) mass is 481 g/mol. The van der Waals surface area contributed by atoms with Crippen molar-refractivity contribution < 1.29 is 24.7 Å². The SMILES string of the molecule is Nc1nc(C(=NO)C(=O)NC2C(=O)N3CC(C=Cc4cncs4)(C(=O)O)CS[C@H]23)ns1. The Hall–Kier alpha value is -3.04. The lowest BCUT2D eigenvalue weighted by molar-refractivity contribution is -0.155. The van der Waals surface area contributed by atoms with E-state index in [1.54, 1.807) is 23.9 Å². The Bertz CT molecular complexity index is 1090. The average molecular weight is 482 g/mol. The number of nitrogen functional groups attached to an aromatic ring is 1. The number of nitrogens with zero attached hydrogens (tertiary/aromatic N) is 5. The second kappa shape index (κ2) is 8.24. The Morgan fingerprint density at radius 2 is 2.26 bits per heavy atom. The van der Waals surface area contributed by atoms with Gasteiger partial charge in [-0.15, -0.1) is 23.1 Å². The number of carboxylic acid groups (broad SMARTS) is 1. The summed E-state index contributed by atoms with van der Waals surface area (Å²) < 4.78 is 3.82. The number of carboxylic acids is 1. The van der Waals surface area contributed by atoms with Crippen molar-refractivity contribution in [2.24, 2.45) is 10.6 Å². The van der Waals surface area contributed by atoms with Crippen LogP contribution in [0.25, 0.3) is 6.08 Å². The summed E-state index contributed by atoms with van der Waals surface area (Å²) in [5.41, 5.74) is 5.40. The van der Waals surface area contributed by atoms with Crippen LogP contribution in [0.2, 0.25) is 0 Å². The first kappa shape index (κ1) is 21.2. The van der Waals surface area contributed by atoms with Gasteiger partial charge in [-0.2, -0.15) is 9.36 Å². The van der Waals surface area contributed by atoms with Crippen molar-refractivity contribution in [3.8, 4) is 0 Å². The van der Waals surface area contributed by atoms with Gasteiger partial charge in [-0.25, -0.2) is 0 Å². The second-order valence-electron chi connectivity index (χ2n) is 6.72. The second-order valence-corrected chi connectivity index (χ2v) is 9.53. The van der Waals surface area contributed by atoms with Crippen molar-refractivity contribution in [3.05, 3.63) is 28.5 Å². The molecule has 0 radical (unpaired) electrons. The quantitative estimate of drug-likeness (QED) is 0.189. The van der Waals surface area contributed by atoms with E-state index in [0.717, 1.165) is 16.4 Å². The number of carbonyl (C=O) groups is 3. The Kier molecular flexibility index (Phi) is 5.63. The number of thiazole rings is 1. The number of nitrogens with two attached hydrogens (primary N) is 1. The number of amides is 2. The van der Waals surface area contributed by atoms with E-state index in [2.05, 4.69) is 24.8 Å². The molecule has 0 bridgehead atoms. The topological polar surface area (TPSA) is 184 Å². The molecule has 2 saturated heterocycles. The van der Waals surface area contributed by atoms with E-state index in [0.29, 0.717) is 0 Å². The minimum absolute atomic E-state index is 0.0222. The molecule has 0 aliphatic carbocycles. The first-order valence-electron chi connectivity index (χ1n) is 8.70. The highest BCUT2D eigenvalue weighted by Gasteiger charge is 2.57. The van der Waals surface area contributed by atoms with E-state index < -0.39 is 40.3 Å². The van der Waals surface area contributed by atoms with Crippen LogP contribution in [0.3, 0.4) is 0 Å². The summed E-state index contributed by atoms with van der Waals surface area (Å²) in [4.78, 5) is 47.1. The number of thioether (sulfide) groups is 1. The summed E-state index contributed by atoms with van der Waals surface area (Å²) in [6.45, 7) is -0.0222. The van der Waals surface area contributed by atoms with Gasteiger partial charge >= 0.3 is 5.97 Å². The summed E-state index contributed by atoms with van der Waals surface area (Å²) in [5, 5.41) is 24.1. The minimum Gasteiger partial charge on any atom is -0.481 e. The number of anilines is 1. The van der Waals surface area contributed by atoms with Crippen LogP contribution in [0.15, 0.2) is 22.9 Å². The Morgan fingerprint density at radius 1 is 1.45 bits per heavy atom. The lowest BCUT2D eigenvalue weighted by atomic mass is 9.86. The van der Waals surface area contributed by atoms with Crippen LogP contribution >= 0.6 is 34.6 Å². The number of fused-ring (bicyclic) bond motifs is 1. The highest BCUT2D eigenvalue weighted by Crippen LogP contribution is 2.43. The van der Waals surface area contributed by atoms with Gasteiger partial charge in [-0.3, -0.25) is 19.4 Å². The zero-order valence-electron chi connectivity index (χ0n) is 15.5. The van der Waals surface area contributed by atoms with Gasteiger partial charge in [-0.1, -0.05) is 11.2 Å². The number of carbonyl (C=O) groups excluding carboxylic acids is 2. The summed E-state index contributed by atoms with van der Waals surface area (Å²) in [7, 11) is 0. The molecule has 0 saturated carbocycles. The maximum absolute atomic E-state index is 12.6. The van der Waals surface area contributed by atoms with Crippen molar-refractivity contribution in [2.75, 3.05) is 18.0 Å². The summed E-state index contributed by atoms with van der Waals surface area (Å²) in [6.07, 6.45) is 4.90. The number of rotatable bonds is 6. The Morgan fingerprint density at radius 3 is 2.87 bits per heavy atom. The molecule has 4 rings (SSSR count). The first-order valence-corrected chi connectivity index (χ1v) is 11.4. The predicted octanol–water partition coefficient (Wildman–Crippen LogP) is -0.0606. The molecule has 2 aromatic rings. The number of β-lactam (4-membered cyclic amide) rings is 1. The molecule has 5 N–H and O–H groups in total. The van der Waals surface area contributed by atoms with Gasteiger partial charge < -0.3 is 26.3 Å². The molecule has 31 heavy (non-hydrogen) atoms. The molecule has 15 heteroatoms. The fourth-order valence-electron chi connectivity index (χ4n) is 3.18. The van der Waals surface area contributed by atoms with Crippen LogP contribution in [-0.4, -0.2) is 76.8 Å². The predicted molar refractivity (Wildman–Crippen MR) is 114 cm³/mol. The van der Waals surface area contributed by atoms with Crippen molar-refractivity contribution in [1.29, 1.82) is 0 Å². The molecule has 3 atom stereocenters. The fraction of sp³-hybridized carbons (Fsp3) is 0.312. The largest absolute Gasteiger partial charge is 0.481 e. The smallest absolute Gasteiger partial charge is 0.316 e. The number of aromatic nitrogens is 3. The van der Waals surface area contributed by atoms with Gasteiger partial charge in [-0.05, 0) is 6.08 Å². The molecule has 162 valence electrons. The Labute approximate surface area is 187 Å². The lowest BCUT2D eigenvalue weighted by Gasteiger charge is -2.53. The highest BCUT2D eigenvalue weighted by molar-refractivity contribution is 8.00. The number of nitrogens with one attached hydrogen (secondary N) is 1. The molecule has 2 aromatic heterocycles. The third-order valence-electron chi connectivity index (χ3n) is 4.80. The maximum Gasteiger partial charge on any atom is 0.316 e. The molecular formula is C16H15N7O5S3. The summed E-state index contributed by atoms with van der Waals surface area (Å²) in [6, 6.07) is -0.887. The summed E-state index contributed by atoms with van der Waals surface area (Å²) in [5.74, 6) is -2.24. The van der Waals surface area contributed by atoms with Crippen LogP contribution in [-0.2, 0) is 14.4 Å². The first-order chi connectivity index (χ1) is 14.8. The van der Waals surface area contributed by atoms with E-state index in [1.807, 2.05) is 0 Å². The molecule has 2 fully saturated rings. The van der Waals surface area contributed by atoms with Crippen LogP contribution < -0.4 is 11.1 Å². The van der Waals surface area contributed by atoms with Gasteiger partial charge in [0, 0.05) is 34.9 Å². The number of hydrogen-bond donors (Lipinski definition) is 4. The van der Waals surface area contributed by atoms with Crippen LogP contribution in [0.1, 0.15) is 10.7 Å².